The van der Waals surface area contributed by atoms with Crippen molar-refractivity contribution in [3.8, 4) is 0 Å². The molecule has 1 aliphatic carbocycles. The SMILES string of the molecule is CC(C)C(=O)CCC1CCC(S(=O)(=O)NC(=O)C(C)C)CC1.[HH]. The molecule has 0 atom stereocenters. The van der Waals surface area contributed by atoms with E-state index < -0.39 is 21.2 Å². The van der Waals surface area contributed by atoms with Crippen molar-refractivity contribution in [1.29, 1.82) is 0 Å². The fourth-order valence-electron chi connectivity index (χ4n) is 2.71. The van der Waals surface area contributed by atoms with E-state index in [9.17, 15) is 18.0 Å². The first-order valence-corrected chi connectivity index (χ1v) is 9.76. The van der Waals surface area contributed by atoms with E-state index >= 15 is 0 Å². The van der Waals surface area contributed by atoms with E-state index in [2.05, 4.69) is 4.72 Å². The minimum Gasteiger partial charge on any atom is -0.299 e. The Labute approximate surface area is 135 Å². The summed E-state index contributed by atoms with van der Waals surface area (Å²) in [5.74, 6) is -0.00494. The van der Waals surface area contributed by atoms with E-state index in [1.807, 2.05) is 13.8 Å². The van der Waals surface area contributed by atoms with Crippen molar-refractivity contribution in [3.63, 3.8) is 0 Å². The molecule has 0 aromatic heterocycles. The molecule has 6 heteroatoms. The molecule has 0 saturated heterocycles. The van der Waals surface area contributed by atoms with E-state index in [1.54, 1.807) is 13.8 Å². The minimum atomic E-state index is -3.56. The smallest absolute Gasteiger partial charge is 0.237 e. The summed E-state index contributed by atoms with van der Waals surface area (Å²) in [5, 5.41) is -0.479. The second-order valence-corrected chi connectivity index (χ2v) is 8.93. The molecule has 0 radical (unpaired) electrons. The first kappa shape index (κ1) is 19.1. The third-order valence-electron chi connectivity index (χ3n) is 4.44. The fraction of sp³-hybridized carbons (Fsp3) is 0.875. The monoisotopic (exact) mass is 333 g/mol. The number of carbonyl (C=O) groups excluding carboxylic acids is 2. The van der Waals surface area contributed by atoms with Gasteiger partial charge in [-0.2, -0.15) is 0 Å². The normalized spacial score (nSPS) is 22.8. The third kappa shape index (κ3) is 5.71. The van der Waals surface area contributed by atoms with Crippen LogP contribution in [0.5, 0.6) is 0 Å². The molecule has 0 aromatic rings. The van der Waals surface area contributed by atoms with Crippen LogP contribution in [0.1, 0.15) is 67.6 Å². The second-order valence-electron chi connectivity index (χ2n) is 6.97. The third-order valence-corrected chi connectivity index (χ3v) is 6.28. The van der Waals surface area contributed by atoms with Crippen molar-refractivity contribution >= 4 is 21.7 Å². The van der Waals surface area contributed by atoms with Crippen molar-refractivity contribution in [3.05, 3.63) is 0 Å². The molecule has 0 unspecified atom stereocenters. The maximum atomic E-state index is 12.2. The number of hydrogen-bond donors (Lipinski definition) is 1. The maximum Gasteiger partial charge on any atom is 0.237 e. The summed E-state index contributed by atoms with van der Waals surface area (Å²) < 4.78 is 26.5. The highest BCUT2D eigenvalue weighted by molar-refractivity contribution is 7.90. The summed E-state index contributed by atoms with van der Waals surface area (Å²) in [6.07, 6.45) is 4.20. The minimum absolute atomic E-state index is 0. The Bertz CT molecular complexity index is 494. The Morgan fingerprint density at radius 1 is 1.05 bits per heavy atom. The van der Waals surface area contributed by atoms with Gasteiger partial charge < -0.3 is 0 Å². The van der Waals surface area contributed by atoms with E-state index in [-0.39, 0.29) is 19.0 Å². The van der Waals surface area contributed by atoms with Crippen LogP contribution in [0.2, 0.25) is 0 Å². The molecule has 0 aliphatic heterocycles. The topological polar surface area (TPSA) is 80.3 Å². The Kier molecular flexibility index (Phi) is 7.03. The van der Waals surface area contributed by atoms with Gasteiger partial charge >= 0.3 is 0 Å². The lowest BCUT2D eigenvalue weighted by atomic mass is 9.84. The van der Waals surface area contributed by atoms with Crippen LogP contribution >= 0.6 is 0 Å². The zero-order valence-corrected chi connectivity index (χ0v) is 14.9. The second kappa shape index (κ2) is 8.09. The number of hydrogen-bond acceptors (Lipinski definition) is 4. The van der Waals surface area contributed by atoms with Crippen molar-refractivity contribution in [1.82, 2.24) is 4.72 Å². The van der Waals surface area contributed by atoms with Crippen LogP contribution < -0.4 is 4.72 Å². The highest BCUT2D eigenvalue weighted by Gasteiger charge is 2.32. The van der Waals surface area contributed by atoms with Crippen LogP contribution in [-0.4, -0.2) is 25.4 Å². The average Bonchev–Trinajstić information content (AvgIpc) is 2.44. The van der Waals surface area contributed by atoms with Gasteiger partial charge in [0.25, 0.3) is 0 Å². The number of Topliss-reactive ketones (excluding diaryl/α,β-unsaturated/α-hetero) is 1. The molecule has 1 amide bonds. The molecule has 130 valence electrons. The van der Waals surface area contributed by atoms with E-state index in [0.717, 1.165) is 19.3 Å². The molecule has 0 heterocycles. The highest BCUT2D eigenvalue weighted by Crippen LogP contribution is 2.31. The van der Waals surface area contributed by atoms with Crippen molar-refractivity contribution in [2.24, 2.45) is 17.8 Å². The predicted molar refractivity (Wildman–Crippen MR) is 88.8 cm³/mol. The lowest BCUT2D eigenvalue weighted by molar-refractivity contribution is -0.123. The van der Waals surface area contributed by atoms with Gasteiger partial charge in [-0.3, -0.25) is 14.3 Å². The summed E-state index contributed by atoms with van der Waals surface area (Å²) in [6.45, 7) is 7.16. The van der Waals surface area contributed by atoms with Crippen LogP contribution in [-0.2, 0) is 19.6 Å². The molecule has 22 heavy (non-hydrogen) atoms. The van der Waals surface area contributed by atoms with Crippen molar-refractivity contribution < 1.29 is 19.4 Å². The molecular formula is C16H31NO4S. The van der Waals surface area contributed by atoms with Crippen LogP contribution in [0.4, 0.5) is 0 Å². The van der Waals surface area contributed by atoms with Gasteiger partial charge in [0.05, 0.1) is 5.25 Å². The van der Waals surface area contributed by atoms with Crippen molar-refractivity contribution in [2.75, 3.05) is 0 Å². The maximum absolute atomic E-state index is 12.2. The Hall–Kier alpha value is -0.910. The number of carbonyl (C=O) groups is 2. The molecule has 0 spiro atoms. The number of sulfonamides is 1. The summed E-state index contributed by atoms with van der Waals surface area (Å²) in [6, 6.07) is 0. The molecule has 5 nitrogen and oxygen atoms in total. The van der Waals surface area contributed by atoms with E-state index in [4.69, 9.17) is 0 Å². The lowest BCUT2D eigenvalue weighted by Gasteiger charge is -2.28. The Balaban J connectivity index is 0.00000484. The van der Waals surface area contributed by atoms with Gasteiger partial charge in [-0.25, -0.2) is 8.42 Å². The van der Waals surface area contributed by atoms with Gasteiger partial charge in [-0.15, -0.1) is 0 Å². The first-order chi connectivity index (χ1) is 10.1. The van der Waals surface area contributed by atoms with Crippen LogP contribution in [0, 0.1) is 17.8 Å². The lowest BCUT2D eigenvalue weighted by Crippen LogP contribution is -2.41. The summed E-state index contributed by atoms with van der Waals surface area (Å²) in [7, 11) is -3.56. The Morgan fingerprint density at radius 2 is 1.59 bits per heavy atom. The predicted octanol–water partition coefficient (Wildman–Crippen LogP) is 2.90. The number of rotatable bonds is 7. The number of ketones is 1. The molecule has 1 aliphatic rings. The zero-order chi connectivity index (χ0) is 16.9. The molecule has 0 aromatic carbocycles. The summed E-state index contributed by atoms with van der Waals surface area (Å²) >= 11 is 0. The standard InChI is InChI=1S/C16H29NO4S.H2/c1-11(2)15(18)10-7-13-5-8-14(9-6-13)22(20,21)17-16(19)12(3)4;/h11-14H,5-10H2,1-4H3,(H,17,19);1H. The summed E-state index contributed by atoms with van der Waals surface area (Å²) in [4.78, 5) is 23.2. The van der Waals surface area contributed by atoms with Gasteiger partial charge in [0.1, 0.15) is 5.78 Å². The van der Waals surface area contributed by atoms with E-state index in [0.29, 0.717) is 25.2 Å². The number of nitrogens with one attached hydrogen (secondary N) is 1. The van der Waals surface area contributed by atoms with Crippen LogP contribution in [0.25, 0.3) is 0 Å². The largest absolute Gasteiger partial charge is 0.299 e. The zero-order valence-electron chi connectivity index (χ0n) is 14.1. The first-order valence-electron chi connectivity index (χ1n) is 8.21. The molecule has 1 saturated carbocycles. The molecule has 1 N–H and O–H groups in total. The van der Waals surface area contributed by atoms with Gasteiger partial charge in [-0.1, -0.05) is 27.7 Å². The molecule has 1 rings (SSSR count). The van der Waals surface area contributed by atoms with Crippen LogP contribution in [0.15, 0.2) is 0 Å². The van der Waals surface area contributed by atoms with Gasteiger partial charge in [0.2, 0.25) is 15.9 Å². The average molecular weight is 333 g/mol. The highest BCUT2D eigenvalue weighted by atomic mass is 32.2. The summed E-state index contributed by atoms with van der Waals surface area (Å²) in [5.41, 5.74) is 0. The number of amides is 1. The van der Waals surface area contributed by atoms with Gasteiger partial charge in [-0.05, 0) is 38.0 Å². The molecular weight excluding hydrogens is 302 g/mol. The van der Waals surface area contributed by atoms with Gasteiger partial charge in [0, 0.05) is 19.7 Å². The Morgan fingerprint density at radius 3 is 2.05 bits per heavy atom. The van der Waals surface area contributed by atoms with Crippen molar-refractivity contribution in [2.45, 2.75) is 71.5 Å². The quantitative estimate of drug-likeness (QED) is 0.777. The van der Waals surface area contributed by atoms with Crippen LogP contribution in [0.3, 0.4) is 0 Å². The van der Waals surface area contributed by atoms with E-state index in [1.165, 1.54) is 0 Å². The van der Waals surface area contributed by atoms with Gasteiger partial charge in [0.15, 0.2) is 0 Å². The molecule has 0 bridgehead atoms. The molecule has 1 fully saturated rings. The fourth-order valence-corrected chi connectivity index (χ4v) is 4.28.